The Balaban J connectivity index is 2.32. The van der Waals surface area contributed by atoms with Gasteiger partial charge in [-0.3, -0.25) is 0 Å². The first-order chi connectivity index (χ1) is 8.60. The van der Waals surface area contributed by atoms with E-state index in [4.69, 9.17) is 9.47 Å². The molecule has 0 spiro atoms. The normalized spacial score (nSPS) is 19.6. The highest BCUT2D eigenvalue weighted by Gasteiger charge is 2.39. The Morgan fingerprint density at radius 1 is 1.28 bits per heavy atom. The molecule has 1 aromatic heterocycles. The van der Waals surface area contributed by atoms with Crippen molar-refractivity contribution in [3.05, 3.63) is 11.9 Å². The third kappa shape index (κ3) is 2.27. The number of rotatable bonds is 4. The summed E-state index contributed by atoms with van der Waals surface area (Å²) < 4.78 is 10.2. The topological polar surface area (TPSA) is 64.5 Å². The van der Waals surface area contributed by atoms with Crippen molar-refractivity contribution in [2.75, 3.05) is 14.2 Å². The molecule has 1 N–H and O–H groups in total. The molecule has 0 saturated heterocycles. The number of methoxy groups -OCH3 is 2. The molecular formula is C13H20N2O3. The molecule has 1 unspecified atom stereocenters. The summed E-state index contributed by atoms with van der Waals surface area (Å²) in [7, 11) is 3.05. The van der Waals surface area contributed by atoms with Gasteiger partial charge >= 0.3 is 0 Å². The highest BCUT2D eigenvalue weighted by Crippen LogP contribution is 2.48. The molecule has 1 aromatic rings. The number of aliphatic hydroxyl groups is 1. The van der Waals surface area contributed by atoms with Crippen LogP contribution in [0.25, 0.3) is 0 Å². The molecule has 18 heavy (non-hydrogen) atoms. The maximum atomic E-state index is 10.5. The van der Waals surface area contributed by atoms with Crippen LogP contribution < -0.4 is 9.47 Å². The van der Waals surface area contributed by atoms with Crippen molar-refractivity contribution in [1.29, 1.82) is 0 Å². The van der Waals surface area contributed by atoms with Crippen LogP contribution in [0, 0.1) is 5.41 Å². The van der Waals surface area contributed by atoms with E-state index in [2.05, 4.69) is 16.9 Å². The largest absolute Gasteiger partial charge is 0.480 e. The number of aromatic nitrogens is 2. The predicted molar refractivity (Wildman–Crippen MR) is 66.7 cm³/mol. The molecular weight excluding hydrogens is 232 g/mol. The van der Waals surface area contributed by atoms with Gasteiger partial charge in [-0.1, -0.05) is 19.8 Å². The predicted octanol–water partition coefficient (Wildman–Crippen LogP) is 2.11. The van der Waals surface area contributed by atoms with E-state index < -0.39 is 6.10 Å². The molecule has 5 nitrogen and oxygen atoms in total. The molecule has 2 rings (SSSR count). The first-order valence-corrected chi connectivity index (χ1v) is 6.24. The molecule has 1 aliphatic rings. The third-order valence-electron chi connectivity index (χ3n) is 3.81. The molecule has 0 radical (unpaired) electrons. The number of nitrogens with zero attached hydrogens (tertiary/aromatic N) is 2. The maximum Gasteiger partial charge on any atom is 0.241 e. The Kier molecular flexibility index (Phi) is 3.71. The average molecular weight is 252 g/mol. The summed E-state index contributed by atoms with van der Waals surface area (Å²) in [5.74, 6) is 0.731. The summed E-state index contributed by atoms with van der Waals surface area (Å²) in [6, 6.07) is 0. The van der Waals surface area contributed by atoms with Crippen LogP contribution in [0.2, 0.25) is 0 Å². The zero-order valence-corrected chi connectivity index (χ0v) is 11.1. The first-order valence-electron chi connectivity index (χ1n) is 6.24. The van der Waals surface area contributed by atoms with E-state index in [0.29, 0.717) is 17.5 Å². The lowest BCUT2D eigenvalue weighted by Crippen LogP contribution is -2.23. The summed E-state index contributed by atoms with van der Waals surface area (Å²) in [4.78, 5) is 8.41. The lowest BCUT2D eigenvalue weighted by Gasteiger charge is -2.29. The molecule has 100 valence electrons. The average Bonchev–Trinajstić information content (AvgIpc) is 2.85. The van der Waals surface area contributed by atoms with Crippen molar-refractivity contribution < 1.29 is 14.6 Å². The summed E-state index contributed by atoms with van der Waals surface area (Å²) in [6.45, 7) is 2.09. The minimum atomic E-state index is -0.645. The van der Waals surface area contributed by atoms with Gasteiger partial charge in [-0.25, -0.2) is 4.98 Å². The molecule has 0 bridgehead atoms. The zero-order chi connectivity index (χ0) is 13.2. The van der Waals surface area contributed by atoms with E-state index in [-0.39, 0.29) is 5.41 Å². The Bertz CT molecular complexity index is 417. The fraction of sp³-hybridized carbons (Fsp3) is 0.692. The van der Waals surface area contributed by atoms with E-state index >= 15 is 0 Å². The Labute approximate surface area is 107 Å². The highest BCUT2D eigenvalue weighted by molar-refractivity contribution is 5.26. The van der Waals surface area contributed by atoms with Crippen molar-refractivity contribution in [3.63, 3.8) is 0 Å². The third-order valence-corrected chi connectivity index (χ3v) is 3.81. The van der Waals surface area contributed by atoms with Crippen molar-refractivity contribution in [2.24, 2.45) is 5.41 Å². The zero-order valence-electron chi connectivity index (χ0n) is 11.1. The van der Waals surface area contributed by atoms with Gasteiger partial charge in [0, 0.05) is 0 Å². The van der Waals surface area contributed by atoms with Gasteiger partial charge in [-0.15, -0.1) is 0 Å². The Hall–Kier alpha value is -1.36. The molecule has 1 heterocycles. The summed E-state index contributed by atoms with van der Waals surface area (Å²) >= 11 is 0. The second-order valence-corrected chi connectivity index (χ2v) is 5.07. The van der Waals surface area contributed by atoms with Crippen molar-refractivity contribution in [3.8, 4) is 11.8 Å². The second-order valence-electron chi connectivity index (χ2n) is 5.07. The number of aliphatic hydroxyl groups excluding tert-OH is 1. The summed E-state index contributed by atoms with van der Waals surface area (Å²) in [5, 5.41) is 10.5. The lowest BCUT2D eigenvalue weighted by atomic mass is 9.81. The maximum absolute atomic E-state index is 10.5. The second kappa shape index (κ2) is 5.10. The molecule has 1 saturated carbocycles. The van der Waals surface area contributed by atoms with E-state index in [0.717, 1.165) is 25.7 Å². The Morgan fingerprint density at radius 3 is 2.50 bits per heavy atom. The van der Waals surface area contributed by atoms with Crippen LogP contribution in [0.3, 0.4) is 0 Å². The standard InChI is InChI=1S/C13H20N2O3/c1-13(6-4-5-7-13)11(16)10-12(18-3)15-9(17-2)8-14-10/h8,11,16H,4-7H2,1-3H3. The fourth-order valence-electron chi connectivity index (χ4n) is 2.59. The van der Waals surface area contributed by atoms with Crippen molar-refractivity contribution >= 4 is 0 Å². The van der Waals surface area contributed by atoms with Crippen molar-refractivity contribution in [2.45, 2.75) is 38.7 Å². The minimum Gasteiger partial charge on any atom is -0.480 e. The van der Waals surface area contributed by atoms with Crippen LogP contribution in [-0.4, -0.2) is 29.3 Å². The monoisotopic (exact) mass is 252 g/mol. The molecule has 1 fully saturated rings. The number of ether oxygens (including phenoxy) is 2. The molecule has 5 heteroatoms. The quantitative estimate of drug-likeness (QED) is 0.889. The van der Waals surface area contributed by atoms with Crippen LogP contribution >= 0.6 is 0 Å². The lowest BCUT2D eigenvalue weighted by molar-refractivity contribution is 0.0345. The SMILES string of the molecule is COc1cnc(C(O)C2(C)CCCC2)c(OC)n1. The van der Waals surface area contributed by atoms with Crippen molar-refractivity contribution in [1.82, 2.24) is 9.97 Å². The summed E-state index contributed by atoms with van der Waals surface area (Å²) in [5.41, 5.74) is 0.374. The van der Waals surface area contributed by atoms with Crippen LogP contribution in [0.5, 0.6) is 11.8 Å². The number of hydrogen-bond acceptors (Lipinski definition) is 5. The van der Waals surface area contributed by atoms with E-state index in [1.54, 1.807) is 0 Å². The van der Waals surface area contributed by atoms with Crippen LogP contribution in [0.15, 0.2) is 6.20 Å². The molecule has 0 aromatic carbocycles. The van der Waals surface area contributed by atoms with Gasteiger partial charge in [-0.2, -0.15) is 4.98 Å². The van der Waals surface area contributed by atoms with E-state index in [9.17, 15) is 5.11 Å². The molecule has 0 aliphatic heterocycles. The Morgan fingerprint density at radius 2 is 1.94 bits per heavy atom. The highest BCUT2D eigenvalue weighted by atomic mass is 16.5. The van der Waals surface area contributed by atoms with Gasteiger partial charge in [0.1, 0.15) is 11.8 Å². The molecule has 0 amide bonds. The van der Waals surface area contributed by atoms with Crippen LogP contribution in [0.4, 0.5) is 0 Å². The summed E-state index contributed by atoms with van der Waals surface area (Å²) in [6.07, 6.45) is 5.18. The van der Waals surface area contributed by atoms with Crippen LogP contribution in [-0.2, 0) is 0 Å². The van der Waals surface area contributed by atoms with Gasteiger partial charge in [0.25, 0.3) is 0 Å². The van der Waals surface area contributed by atoms with E-state index in [1.165, 1.54) is 20.4 Å². The molecule has 1 atom stereocenters. The van der Waals surface area contributed by atoms with Gasteiger partial charge in [0.2, 0.25) is 11.8 Å². The van der Waals surface area contributed by atoms with Gasteiger partial charge < -0.3 is 14.6 Å². The minimum absolute atomic E-state index is 0.128. The van der Waals surface area contributed by atoms with Gasteiger partial charge in [0.15, 0.2) is 0 Å². The van der Waals surface area contributed by atoms with Gasteiger partial charge in [-0.05, 0) is 18.3 Å². The molecule has 1 aliphatic carbocycles. The number of hydrogen-bond donors (Lipinski definition) is 1. The first kappa shape index (κ1) is 13.1. The fourth-order valence-corrected chi connectivity index (χ4v) is 2.59. The van der Waals surface area contributed by atoms with Gasteiger partial charge in [0.05, 0.1) is 20.4 Å². The smallest absolute Gasteiger partial charge is 0.241 e. The van der Waals surface area contributed by atoms with Crippen LogP contribution in [0.1, 0.15) is 44.4 Å². The van der Waals surface area contributed by atoms with E-state index in [1.807, 2.05) is 0 Å².